The minimum absolute atomic E-state index is 0.670. The molecule has 0 amide bonds. The number of anilines is 1. The quantitative estimate of drug-likeness (QED) is 0.595. The summed E-state index contributed by atoms with van der Waals surface area (Å²) in [5, 5.41) is 0. The highest BCUT2D eigenvalue weighted by Gasteiger charge is 2.03. The van der Waals surface area contributed by atoms with Gasteiger partial charge in [-0.3, -0.25) is 0 Å². The van der Waals surface area contributed by atoms with Crippen LogP contribution in [-0.2, 0) is 4.74 Å². The first-order valence-electron chi connectivity index (χ1n) is 5.72. The van der Waals surface area contributed by atoms with Crippen LogP contribution in [0.2, 0.25) is 0 Å². The van der Waals surface area contributed by atoms with Crippen molar-refractivity contribution in [3.8, 4) is 5.75 Å². The van der Waals surface area contributed by atoms with E-state index in [1.807, 2.05) is 32.9 Å². The Morgan fingerprint density at radius 2 is 1.88 bits per heavy atom. The van der Waals surface area contributed by atoms with Crippen LogP contribution < -0.4 is 10.5 Å². The van der Waals surface area contributed by atoms with Crippen molar-refractivity contribution in [3.63, 3.8) is 0 Å². The molecule has 0 bridgehead atoms. The Morgan fingerprint density at radius 3 is 2.56 bits per heavy atom. The molecule has 0 fully saturated rings. The smallest absolute Gasteiger partial charge is 0.124 e. The van der Waals surface area contributed by atoms with Gasteiger partial charge in [-0.2, -0.15) is 0 Å². The molecular formula is C13H21NO2. The highest BCUT2D eigenvalue weighted by Crippen LogP contribution is 2.24. The van der Waals surface area contributed by atoms with Gasteiger partial charge in [0.05, 0.1) is 6.61 Å². The molecule has 0 aliphatic carbocycles. The third-order valence-corrected chi connectivity index (χ3v) is 2.46. The number of rotatable bonds is 6. The lowest BCUT2D eigenvalue weighted by atomic mass is 10.1. The molecule has 3 heteroatoms. The molecule has 0 spiro atoms. The van der Waals surface area contributed by atoms with Gasteiger partial charge in [0.15, 0.2) is 0 Å². The van der Waals surface area contributed by atoms with E-state index in [4.69, 9.17) is 15.2 Å². The predicted octanol–water partition coefficient (Wildman–Crippen LogP) is 2.69. The molecule has 0 atom stereocenters. The second-order valence-electron chi connectivity index (χ2n) is 3.87. The van der Waals surface area contributed by atoms with Crippen LogP contribution in [0.15, 0.2) is 12.1 Å². The maximum Gasteiger partial charge on any atom is 0.124 e. The van der Waals surface area contributed by atoms with Gasteiger partial charge in [-0.1, -0.05) is 6.07 Å². The van der Waals surface area contributed by atoms with Gasteiger partial charge in [-0.15, -0.1) is 0 Å². The molecule has 3 nitrogen and oxygen atoms in total. The molecule has 0 radical (unpaired) electrons. The number of hydrogen-bond donors (Lipinski definition) is 1. The van der Waals surface area contributed by atoms with Gasteiger partial charge in [0.2, 0.25) is 0 Å². The molecular weight excluding hydrogens is 202 g/mol. The van der Waals surface area contributed by atoms with Crippen molar-refractivity contribution in [1.82, 2.24) is 0 Å². The summed E-state index contributed by atoms with van der Waals surface area (Å²) in [4.78, 5) is 0. The van der Waals surface area contributed by atoms with Crippen molar-refractivity contribution in [2.75, 3.05) is 25.6 Å². The van der Waals surface area contributed by atoms with Crippen LogP contribution in [0, 0.1) is 13.8 Å². The highest BCUT2D eigenvalue weighted by molar-refractivity contribution is 5.54. The zero-order valence-corrected chi connectivity index (χ0v) is 10.4. The predicted molar refractivity (Wildman–Crippen MR) is 66.9 cm³/mol. The lowest BCUT2D eigenvalue weighted by molar-refractivity contribution is 0.130. The van der Waals surface area contributed by atoms with Crippen LogP contribution in [0.1, 0.15) is 24.5 Å². The second kappa shape index (κ2) is 6.38. The molecule has 0 saturated heterocycles. The van der Waals surface area contributed by atoms with E-state index in [1.165, 1.54) is 0 Å². The van der Waals surface area contributed by atoms with Gasteiger partial charge in [-0.05, 0) is 31.9 Å². The Hall–Kier alpha value is -1.22. The summed E-state index contributed by atoms with van der Waals surface area (Å²) in [6, 6.07) is 3.94. The summed E-state index contributed by atoms with van der Waals surface area (Å²) in [6.45, 7) is 8.20. The van der Waals surface area contributed by atoms with Crippen LogP contribution in [0.5, 0.6) is 5.75 Å². The number of hydrogen-bond acceptors (Lipinski definition) is 3. The number of ether oxygens (including phenoxy) is 2. The van der Waals surface area contributed by atoms with Crippen LogP contribution >= 0.6 is 0 Å². The minimum atomic E-state index is 0.670. The summed E-state index contributed by atoms with van der Waals surface area (Å²) in [5.41, 5.74) is 8.84. The van der Waals surface area contributed by atoms with Gasteiger partial charge >= 0.3 is 0 Å². The fraction of sp³-hybridized carbons (Fsp3) is 0.538. The first kappa shape index (κ1) is 12.8. The molecule has 1 aromatic carbocycles. The monoisotopic (exact) mass is 223 g/mol. The van der Waals surface area contributed by atoms with E-state index in [0.29, 0.717) is 6.61 Å². The lowest BCUT2D eigenvalue weighted by Gasteiger charge is -2.11. The van der Waals surface area contributed by atoms with Crippen LogP contribution in [-0.4, -0.2) is 19.8 Å². The largest absolute Gasteiger partial charge is 0.493 e. The van der Waals surface area contributed by atoms with E-state index in [2.05, 4.69) is 0 Å². The average molecular weight is 223 g/mol. The Morgan fingerprint density at radius 1 is 1.12 bits per heavy atom. The van der Waals surface area contributed by atoms with Gasteiger partial charge in [0.25, 0.3) is 0 Å². The first-order valence-corrected chi connectivity index (χ1v) is 5.72. The van der Waals surface area contributed by atoms with Crippen molar-refractivity contribution in [3.05, 3.63) is 23.3 Å². The molecule has 0 aromatic heterocycles. The van der Waals surface area contributed by atoms with Crippen molar-refractivity contribution in [1.29, 1.82) is 0 Å². The summed E-state index contributed by atoms with van der Waals surface area (Å²) in [7, 11) is 0. The third kappa shape index (κ3) is 3.74. The Kier molecular flexibility index (Phi) is 5.12. The second-order valence-corrected chi connectivity index (χ2v) is 3.87. The van der Waals surface area contributed by atoms with Crippen molar-refractivity contribution >= 4 is 5.69 Å². The topological polar surface area (TPSA) is 44.5 Å². The highest BCUT2D eigenvalue weighted by atomic mass is 16.5. The van der Waals surface area contributed by atoms with Gasteiger partial charge < -0.3 is 15.2 Å². The number of nitrogen functional groups attached to an aromatic ring is 1. The van der Waals surface area contributed by atoms with Crippen LogP contribution in [0.25, 0.3) is 0 Å². The van der Waals surface area contributed by atoms with Gasteiger partial charge in [0.1, 0.15) is 5.75 Å². The van der Waals surface area contributed by atoms with Crippen LogP contribution in [0.4, 0.5) is 5.69 Å². The molecule has 0 saturated carbocycles. The van der Waals surface area contributed by atoms with Crippen LogP contribution in [0.3, 0.4) is 0 Å². The van der Waals surface area contributed by atoms with E-state index >= 15 is 0 Å². The van der Waals surface area contributed by atoms with Crippen molar-refractivity contribution in [2.24, 2.45) is 0 Å². The fourth-order valence-electron chi connectivity index (χ4n) is 1.49. The fourth-order valence-corrected chi connectivity index (χ4v) is 1.49. The van der Waals surface area contributed by atoms with E-state index < -0.39 is 0 Å². The van der Waals surface area contributed by atoms with Crippen molar-refractivity contribution in [2.45, 2.75) is 27.2 Å². The summed E-state index contributed by atoms with van der Waals surface area (Å²) < 4.78 is 10.9. The first-order chi connectivity index (χ1) is 7.65. The Bertz CT molecular complexity index is 337. The van der Waals surface area contributed by atoms with E-state index in [1.54, 1.807) is 0 Å². The average Bonchev–Trinajstić information content (AvgIpc) is 2.25. The maximum absolute atomic E-state index is 5.84. The molecule has 1 rings (SSSR count). The van der Waals surface area contributed by atoms with E-state index in [-0.39, 0.29) is 0 Å². The molecule has 0 heterocycles. The normalized spacial score (nSPS) is 10.4. The number of nitrogens with two attached hydrogens (primary N) is 1. The Labute approximate surface area is 97.6 Å². The third-order valence-electron chi connectivity index (χ3n) is 2.46. The van der Waals surface area contributed by atoms with E-state index in [0.717, 1.165) is 42.2 Å². The summed E-state index contributed by atoms with van der Waals surface area (Å²) in [5.74, 6) is 0.875. The SMILES string of the molecule is CCOCCCOc1cc(N)c(C)cc1C. The maximum atomic E-state index is 5.84. The number of benzene rings is 1. The molecule has 0 aliphatic heterocycles. The standard InChI is InChI=1S/C13H21NO2/c1-4-15-6-5-7-16-13-9-12(14)10(2)8-11(13)3/h8-9H,4-7,14H2,1-3H3. The van der Waals surface area contributed by atoms with Gasteiger partial charge in [0, 0.05) is 31.4 Å². The van der Waals surface area contributed by atoms with Gasteiger partial charge in [-0.25, -0.2) is 0 Å². The molecule has 2 N–H and O–H groups in total. The van der Waals surface area contributed by atoms with Crippen molar-refractivity contribution < 1.29 is 9.47 Å². The lowest BCUT2D eigenvalue weighted by Crippen LogP contribution is -2.04. The zero-order valence-electron chi connectivity index (χ0n) is 10.4. The molecule has 0 aliphatic rings. The molecule has 16 heavy (non-hydrogen) atoms. The Balaban J connectivity index is 2.45. The van der Waals surface area contributed by atoms with E-state index in [9.17, 15) is 0 Å². The number of aryl methyl sites for hydroxylation is 2. The summed E-state index contributed by atoms with van der Waals surface area (Å²) >= 11 is 0. The summed E-state index contributed by atoms with van der Waals surface area (Å²) in [6.07, 6.45) is 0.904. The molecule has 1 aromatic rings. The zero-order chi connectivity index (χ0) is 12.0. The molecule has 90 valence electrons. The molecule has 0 unspecified atom stereocenters. The minimum Gasteiger partial charge on any atom is -0.493 e.